The lowest BCUT2D eigenvalue weighted by atomic mass is 9.80. The lowest BCUT2D eigenvalue weighted by molar-refractivity contribution is -0.894. The Morgan fingerprint density at radius 3 is 2.08 bits per heavy atom. The molecule has 0 spiro atoms. The molecular weight excluding hydrogens is 886 g/mol. The number of alkyl halides is 1. The van der Waals surface area contributed by atoms with Gasteiger partial charge in [0, 0.05) is 86.7 Å². The number of urea groups is 1. The van der Waals surface area contributed by atoms with E-state index in [-0.39, 0.29) is 30.0 Å². The molecule has 1 aromatic rings. The monoisotopic (exact) mass is 967 g/mol. The fourth-order valence-electron chi connectivity index (χ4n) is 7.26. The summed E-state index contributed by atoms with van der Waals surface area (Å²) in [5.41, 5.74) is 2.68. The summed E-state index contributed by atoms with van der Waals surface area (Å²) in [5.74, 6) is 0.781. The van der Waals surface area contributed by atoms with Gasteiger partial charge in [-0.15, -0.1) is 15.9 Å². The van der Waals surface area contributed by atoms with Gasteiger partial charge in [-0.3, -0.25) is 24.2 Å². The van der Waals surface area contributed by atoms with Crippen LogP contribution in [-0.2, 0) is 38.1 Å². The van der Waals surface area contributed by atoms with Crippen molar-refractivity contribution in [3.8, 4) is 5.75 Å². The van der Waals surface area contributed by atoms with E-state index in [4.69, 9.17) is 30.1 Å². The molecule has 0 unspecified atom stereocenters. The molecule has 2 N–H and O–H groups in total. The van der Waals surface area contributed by atoms with Crippen LogP contribution in [0.3, 0.4) is 0 Å². The Hall–Kier alpha value is -3.48. The van der Waals surface area contributed by atoms with Crippen molar-refractivity contribution >= 4 is 58.7 Å². The molecule has 0 bridgehead atoms. The number of quaternary nitrogens is 1. The lowest BCUT2D eigenvalue weighted by Gasteiger charge is -2.34. The number of nitrogens with one attached hydrogen (secondary N) is 2. The van der Waals surface area contributed by atoms with Crippen LogP contribution >= 0.6 is 23.6 Å². The van der Waals surface area contributed by atoms with Crippen LogP contribution in [0.2, 0.25) is 0 Å². The van der Waals surface area contributed by atoms with Gasteiger partial charge in [-0.25, -0.2) is 9.68 Å². The molecular formula is C49H81ClN5O10S+. The van der Waals surface area contributed by atoms with Crippen molar-refractivity contribution in [2.45, 2.75) is 113 Å². The third kappa shape index (κ3) is 21.2. The zero-order valence-corrected chi connectivity index (χ0v) is 43.0. The van der Waals surface area contributed by atoms with Crippen LogP contribution in [-0.4, -0.2) is 131 Å². The number of nitrogens with zero attached hydrogens (tertiary/aromatic N) is 3. The van der Waals surface area contributed by atoms with Gasteiger partial charge in [0.15, 0.2) is 0 Å². The molecule has 0 saturated carbocycles. The average Bonchev–Trinajstić information content (AvgIpc) is 3.30. The smallest absolute Gasteiger partial charge is 0.333 e. The first-order valence-corrected chi connectivity index (χ1v) is 25.5. The molecule has 3 rings (SSSR count). The number of carbonyl (C=O) groups excluding carboxylic acids is 4. The van der Waals surface area contributed by atoms with Crippen molar-refractivity contribution in [1.29, 1.82) is 0 Å². The fourth-order valence-corrected chi connectivity index (χ4v) is 7.86. The molecule has 2 aliphatic heterocycles. The van der Waals surface area contributed by atoms with Crippen LogP contribution in [0.15, 0.2) is 47.8 Å². The van der Waals surface area contributed by atoms with E-state index in [0.29, 0.717) is 88.2 Å². The molecule has 66 heavy (non-hydrogen) atoms. The zero-order valence-electron chi connectivity index (χ0n) is 41.4. The summed E-state index contributed by atoms with van der Waals surface area (Å²) < 4.78 is 22.3. The summed E-state index contributed by atoms with van der Waals surface area (Å²) in [5, 5.41) is 7.27. The number of unbranched alkanes of at least 4 members (excludes halogenated alkanes) is 5. The third-order valence-electron chi connectivity index (χ3n) is 11.2. The standard InChI is InChI=1S/C43H65ClN4O10S.C6H15N/c1-7-46(8-2)33-18-20-35-37(43(3,4)5)32-34(56-38(35)31-33)19-21-36-40(50)47(42(52)48(41(36)51)25-16-30-59-58-57-53-6)24-14-11-12-17-39(49)45-23-27-55-29-28-54-26-15-10-9-13-22-44;1-4-7(5-2)6-3/h18-21,31-32H,7-17,22-30H2,1-6H3,(H,45,49);4-6H2,1-3H3/p+1/b34-19-,36-21-;. The quantitative estimate of drug-likeness (QED) is 0.0137. The minimum absolute atomic E-state index is 0.0527. The summed E-state index contributed by atoms with van der Waals surface area (Å²) in [6.07, 6.45) is 11.6. The molecule has 5 amide bonds. The molecule has 1 fully saturated rings. The molecule has 17 heteroatoms. The molecule has 1 saturated heterocycles. The molecule has 2 heterocycles. The number of benzene rings is 1. The van der Waals surface area contributed by atoms with Crippen LogP contribution in [0.1, 0.15) is 119 Å². The van der Waals surface area contributed by atoms with Gasteiger partial charge in [0.05, 0.1) is 46.6 Å². The maximum atomic E-state index is 13.8. The second-order valence-electron chi connectivity index (χ2n) is 16.9. The summed E-state index contributed by atoms with van der Waals surface area (Å²) in [6.45, 7) is 25.4. The van der Waals surface area contributed by atoms with Gasteiger partial charge >= 0.3 is 6.03 Å². The first kappa shape index (κ1) is 58.6. The van der Waals surface area contributed by atoms with Gasteiger partial charge in [0.25, 0.3) is 11.8 Å². The minimum atomic E-state index is -0.686. The number of imide groups is 2. The fraction of sp³-hybridized carbons (Fsp3) is 0.673. The normalized spacial score (nSPS) is 15.3. The van der Waals surface area contributed by atoms with Crippen LogP contribution < -0.4 is 19.9 Å². The number of amides is 5. The molecule has 0 atom stereocenters. The van der Waals surface area contributed by atoms with Gasteiger partial charge in [-0.1, -0.05) is 45.1 Å². The zero-order chi connectivity index (χ0) is 48.7. The highest BCUT2D eigenvalue weighted by molar-refractivity contribution is 7.94. The van der Waals surface area contributed by atoms with Gasteiger partial charge in [-0.2, -0.15) is 0 Å². The average molecular weight is 968 g/mol. The van der Waals surface area contributed by atoms with Crippen molar-refractivity contribution < 1.29 is 52.5 Å². The van der Waals surface area contributed by atoms with E-state index in [9.17, 15) is 19.2 Å². The van der Waals surface area contributed by atoms with Crippen LogP contribution in [0.5, 0.6) is 5.75 Å². The van der Waals surface area contributed by atoms with Crippen LogP contribution in [0.25, 0.3) is 5.57 Å². The summed E-state index contributed by atoms with van der Waals surface area (Å²) in [6, 6.07) is 5.51. The Kier molecular flexibility index (Phi) is 30.1. The molecule has 374 valence electrons. The highest BCUT2D eigenvalue weighted by Crippen LogP contribution is 2.44. The summed E-state index contributed by atoms with van der Waals surface area (Å²) in [7, 11) is 1.31. The predicted octanol–water partition coefficient (Wildman–Crippen LogP) is 7.94. The van der Waals surface area contributed by atoms with E-state index in [1.165, 1.54) is 32.8 Å². The Labute approximate surface area is 404 Å². The van der Waals surface area contributed by atoms with E-state index in [1.807, 2.05) is 12.1 Å². The number of ether oxygens (including phenoxy) is 3. The van der Waals surface area contributed by atoms with E-state index >= 15 is 0 Å². The number of hydrogen-bond acceptors (Lipinski definition) is 12. The Bertz CT molecular complexity index is 1690. The van der Waals surface area contributed by atoms with Crippen LogP contribution in [0.4, 0.5) is 10.5 Å². The SMILES string of the molecule is CCN(CC)c1ccc2c(c1)O/C(=C\C=C1\C(=O)N(CCCCCC(=O)NCCOCCOCCCCCCCl)C(=O)N(CCCSOOOC)C1=O)C=C2C(C)(C)C.CC[NH+](CC)CC. The third-order valence-corrected chi connectivity index (χ3v) is 12.1. The highest BCUT2D eigenvalue weighted by atomic mass is 35.5. The molecule has 2 aliphatic rings. The number of rotatable bonds is 32. The number of fused-ring (bicyclic) bond motifs is 1. The molecule has 0 aromatic heterocycles. The number of hydrogen-bond donors (Lipinski definition) is 2. The highest BCUT2D eigenvalue weighted by Gasteiger charge is 2.41. The Morgan fingerprint density at radius 2 is 1.47 bits per heavy atom. The summed E-state index contributed by atoms with van der Waals surface area (Å²) in [4.78, 5) is 64.1. The van der Waals surface area contributed by atoms with Crippen molar-refractivity contribution in [2.24, 2.45) is 5.41 Å². The Morgan fingerprint density at radius 1 is 0.833 bits per heavy atom. The number of barbiturate groups is 1. The van der Waals surface area contributed by atoms with Crippen molar-refractivity contribution in [1.82, 2.24) is 15.1 Å². The largest absolute Gasteiger partial charge is 0.457 e. The molecule has 1 aromatic carbocycles. The van der Waals surface area contributed by atoms with Crippen molar-refractivity contribution in [3.05, 3.63) is 53.3 Å². The number of halogens is 1. The van der Waals surface area contributed by atoms with Crippen molar-refractivity contribution in [3.63, 3.8) is 0 Å². The minimum Gasteiger partial charge on any atom is -0.457 e. The Balaban J connectivity index is 0.00000197. The summed E-state index contributed by atoms with van der Waals surface area (Å²) >= 11 is 6.65. The maximum Gasteiger partial charge on any atom is 0.333 e. The number of carbonyl (C=O) groups is 4. The first-order chi connectivity index (χ1) is 31.8. The van der Waals surface area contributed by atoms with Gasteiger partial charge in [0.1, 0.15) is 17.1 Å². The topological polar surface area (TPSA) is 150 Å². The molecule has 0 radical (unpaired) electrons. The second kappa shape index (κ2) is 33.9. The number of allylic oxidation sites excluding steroid dienone is 4. The van der Waals surface area contributed by atoms with Crippen molar-refractivity contribution in [2.75, 3.05) is 102 Å². The number of anilines is 1. The molecule has 0 aliphatic carbocycles. The van der Waals surface area contributed by atoms with E-state index < -0.39 is 17.8 Å². The maximum absolute atomic E-state index is 13.8. The first-order valence-electron chi connectivity index (χ1n) is 24.0. The van der Waals surface area contributed by atoms with Gasteiger partial charge in [0.2, 0.25) is 5.91 Å². The van der Waals surface area contributed by atoms with E-state index in [0.717, 1.165) is 77.4 Å². The van der Waals surface area contributed by atoms with E-state index in [2.05, 4.69) is 87.7 Å². The second-order valence-corrected chi connectivity index (χ2v) is 18.0. The predicted molar refractivity (Wildman–Crippen MR) is 264 cm³/mol. The van der Waals surface area contributed by atoms with Gasteiger partial charge < -0.3 is 29.3 Å². The lowest BCUT2D eigenvalue weighted by Crippen LogP contribution is -3.11. The van der Waals surface area contributed by atoms with Crippen LogP contribution in [0, 0.1) is 5.41 Å². The van der Waals surface area contributed by atoms with Gasteiger partial charge in [-0.05, 0) is 108 Å². The van der Waals surface area contributed by atoms with E-state index in [1.54, 1.807) is 11.0 Å². The molecule has 15 nitrogen and oxygen atoms in total.